The number of hydrogen-bond donors (Lipinski definition) is 2. The van der Waals surface area contributed by atoms with Crippen LogP contribution in [0.3, 0.4) is 0 Å². The summed E-state index contributed by atoms with van der Waals surface area (Å²) in [5, 5.41) is 12.2. The zero-order valence-electron chi connectivity index (χ0n) is 10.8. The van der Waals surface area contributed by atoms with Crippen molar-refractivity contribution < 1.29 is 14.3 Å². The van der Waals surface area contributed by atoms with E-state index in [9.17, 15) is 14.3 Å². The number of benzene rings is 2. The molecule has 0 spiro atoms. The minimum Gasteiger partial charge on any atom is -0.479 e. The van der Waals surface area contributed by atoms with Crippen molar-refractivity contribution in [3.05, 3.63) is 59.9 Å². The Hall–Kier alpha value is -2.01. The molecule has 0 amide bonds. The number of halogens is 1. The van der Waals surface area contributed by atoms with Crippen LogP contribution in [0.25, 0.3) is 0 Å². The molecule has 104 valence electrons. The van der Waals surface area contributed by atoms with Gasteiger partial charge in [-0.3, -0.25) is 0 Å². The van der Waals surface area contributed by atoms with E-state index in [0.29, 0.717) is 11.3 Å². The zero-order chi connectivity index (χ0) is 14.5. The van der Waals surface area contributed by atoms with Gasteiger partial charge in [0.15, 0.2) is 6.04 Å². The van der Waals surface area contributed by atoms with Crippen LogP contribution in [0.5, 0.6) is 0 Å². The number of nitrogens with one attached hydrogen (secondary N) is 1. The average Bonchev–Trinajstić information content (AvgIpc) is 2.46. The maximum Gasteiger partial charge on any atom is 0.330 e. The molecular formula is C15H14FNO2S. The minimum absolute atomic E-state index is 0.355. The molecule has 2 aromatic rings. The van der Waals surface area contributed by atoms with Crippen molar-refractivity contribution in [2.45, 2.75) is 10.9 Å². The van der Waals surface area contributed by atoms with Crippen LogP contribution in [0.2, 0.25) is 0 Å². The molecule has 2 rings (SSSR count). The molecule has 1 unspecified atom stereocenters. The summed E-state index contributed by atoms with van der Waals surface area (Å²) in [6.07, 6.45) is 1.96. The molecule has 0 aliphatic heterocycles. The van der Waals surface area contributed by atoms with Crippen LogP contribution in [-0.2, 0) is 4.79 Å². The van der Waals surface area contributed by atoms with Gasteiger partial charge in [0.2, 0.25) is 0 Å². The predicted octanol–water partition coefficient (Wildman–Crippen LogP) is 3.79. The number of carboxylic acids is 1. The van der Waals surface area contributed by atoms with Crippen molar-refractivity contribution in [2.24, 2.45) is 0 Å². The predicted molar refractivity (Wildman–Crippen MR) is 78.6 cm³/mol. The third-order valence-corrected chi connectivity index (χ3v) is 3.59. The largest absolute Gasteiger partial charge is 0.479 e. The van der Waals surface area contributed by atoms with Crippen LogP contribution in [0.15, 0.2) is 53.4 Å². The van der Waals surface area contributed by atoms with E-state index in [0.717, 1.165) is 4.90 Å². The van der Waals surface area contributed by atoms with Crippen LogP contribution in [0.1, 0.15) is 11.6 Å². The topological polar surface area (TPSA) is 49.3 Å². The summed E-state index contributed by atoms with van der Waals surface area (Å²) in [4.78, 5) is 12.5. The van der Waals surface area contributed by atoms with Gasteiger partial charge in [0.1, 0.15) is 5.82 Å². The lowest BCUT2D eigenvalue weighted by Gasteiger charge is -2.16. The number of anilines is 1. The molecule has 0 radical (unpaired) electrons. The Morgan fingerprint density at radius 3 is 2.25 bits per heavy atom. The highest BCUT2D eigenvalue weighted by atomic mass is 32.2. The number of thioether (sulfide) groups is 1. The average molecular weight is 291 g/mol. The highest BCUT2D eigenvalue weighted by molar-refractivity contribution is 7.98. The van der Waals surface area contributed by atoms with E-state index in [2.05, 4.69) is 5.32 Å². The second kappa shape index (κ2) is 6.43. The van der Waals surface area contributed by atoms with Gasteiger partial charge in [0.05, 0.1) is 0 Å². The lowest BCUT2D eigenvalue weighted by Crippen LogP contribution is -2.20. The lowest BCUT2D eigenvalue weighted by molar-refractivity contribution is -0.138. The SMILES string of the molecule is CSc1ccc(C(Nc2ccc(F)cc2)C(=O)O)cc1. The van der Waals surface area contributed by atoms with Gasteiger partial charge >= 0.3 is 5.97 Å². The molecule has 0 aromatic heterocycles. The Labute approximate surface area is 120 Å². The van der Waals surface area contributed by atoms with Crippen molar-refractivity contribution in [1.29, 1.82) is 0 Å². The summed E-state index contributed by atoms with van der Waals surface area (Å²) in [7, 11) is 0. The molecule has 20 heavy (non-hydrogen) atoms. The van der Waals surface area contributed by atoms with Gasteiger partial charge < -0.3 is 10.4 Å². The minimum atomic E-state index is -0.980. The molecular weight excluding hydrogens is 277 g/mol. The van der Waals surface area contributed by atoms with Gasteiger partial charge in [-0.15, -0.1) is 11.8 Å². The van der Waals surface area contributed by atoms with E-state index in [-0.39, 0.29) is 5.82 Å². The molecule has 0 bridgehead atoms. The fourth-order valence-electron chi connectivity index (χ4n) is 1.80. The molecule has 0 saturated heterocycles. The van der Waals surface area contributed by atoms with Gasteiger partial charge in [0.25, 0.3) is 0 Å². The lowest BCUT2D eigenvalue weighted by atomic mass is 10.1. The molecule has 0 aliphatic carbocycles. The first-order valence-corrected chi connectivity index (χ1v) is 7.21. The van der Waals surface area contributed by atoms with E-state index in [1.54, 1.807) is 23.9 Å². The highest BCUT2D eigenvalue weighted by Gasteiger charge is 2.19. The maximum absolute atomic E-state index is 12.8. The van der Waals surface area contributed by atoms with Crippen LogP contribution in [0.4, 0.5) is 10.1 Å². The van der Waals surface area contributed by atoms with Crippen molar-refractivity contribution in [1.82, 2.24) is 0 Å². The molecule has 0 aliphatic rings. The molecule has 0 fully saturated rings. The number of carboxylic acid groups (broad SMARTS) is 1. The van der Waals surface area contributed by atoms with Crippen LogP contribution in [0, 0.1) is 5.82 Å². The highest BCUT2D eigenvalue weighted by Crippen LogP contribution is 2.23. The maximum atomic E-state index is 12.8. The van der Waals surface area contributed by atoms with Crippen molar-refractivity contribution >= 4 is 23.4 Å². The second-order valence-electron chi connectivity index (χ2n) is 4.20. The van der Waals surface area contributed by atoms with Gasteiger partial charge in [0, 0.05) is 10.6 Å². The van der Waals surface area contributed by atoms with E-state index in [1.165, 1.54) is 24.3 Å². The van der Waals surface area contributed by atoms with Crippen LogP contribution in [-0.4, -0.2) is 17.3 Å². The molecule has 3 nitrogen and oxygen atoms in total. The standard InChI is InChI=1S/C15H14FNO2S/c1-20-13-8-2-10(3-9-13)14(15(18)19)17-12-6-4-11(16)5-7-12/h2-9,14,17H,1H3,(H,18,19). The van der Waals surface area contributed by atoms with Crippen molar-refractivity contribution in [3.63, 3.8) is 0 Å². The quantitative estimate of drug-likeness (QED) is 0.823. The van der Waals surface area contributed by atoms with Gasteiger partial charge in [-0.05, 0) is 48.2 Å². The Kier molecular flexibility index (Phi) is 4.63. The number of aliphatic carboxylic acids is 1. The third kappa shape index (κ3) is 3.51. The van der Waals surface area contributed by atoms with E-state index in [1.807, 2.05) is 18.4 Å². The molecule has 2 N–H and O–H groups in total. The fraction of sp³-hybridized carbons (Fsp3) is 0.133. The summed E-state index contributed by atoms with van der Waals surface area (Å²) in [5.74, 6) is -1.34. The third-order valence-electron chi connectivity index (χ3n) is 2.85. The molecule has 0 heterocycles. The Morgan fingerprint density at radius 1 is 1.15 bits per heavy atom. The monoisotopic (exact) mass is 291 g/mol. The zero-order valence-corrected chi connectivity index (χ0v) is 11.7. The summed E-state index contributed by atoms with van der Waals surface area (Å²) >= 11 is 1.59. The van der Waals surface area contributed by atoms with Crippen LogP contribution < -0.4 is 5.32 Å². The van der Waals surface area contributed by atoms with Gasteiger partial charge in [-0.2, -0.15) is 0 Å². The molecule has 2 aromatic carbocycles. The number of carbonyl (C=O) groups is 1. The Balaban J connectivity index is 2.22. The summed E-state index contributed by atoms with van der Waals surface area (Å²) in [5.41, 5.74) is 1.22. The van der Waals surface area contributed by atoms with E-state index in [4.69, 9.17) is 0 Å². The normalized spacial score (nSPS) is 11.9. The first-order valence-electron chi connectivity index (χ1n) is 5.99. The number of hydrogen-bond acceptors (Lipinski definition) is 3. The van der Waals surface area contributed by atoms with E-state index >= 15 is 0 Å². The Morgan fingerprint density at radius 2 is 1.75 bits per heavy atom. The first-order chi connectivity index (χ1) is 9.60. The van der Waals surface area contributed by atoms with Crippen molar-refractivity contribution in [2.75, 3.05) is 11.6 Å². The van der Waals surface area contributed by atoms with Gasteiger partial charge in [-0.1, -0.05) is 12.1 Å². The summed E-state index contributed by atoms with van der Waals surface area (Å²) in [6.45, 7) is 0. The summed E-state index contributed by atoms with van der Waals surface area (Å²) < 4.78 is 12.8. The smallest absolute Gasteiger partial charge is 0.330 e. The van der Waals surface area contributed by atoms with Crippen molar-refractivity contribution in [3.8, 4) is 0 Å². The van der Waals surface area contributed by atoms with E-state index < -0.39 is 12.0 Å². The first kappa shape index (κ1) is 14.4. The fourth-order valence-corrected chi connectivity index (χ4v) is 2.21. The molecule has 1 atom stereocenters. The number of rotatable bonds is 5. The van der Waals surface area contributed by atoms with Crippen LogP contribution >= 0.6 is 11.8 Å². The second-order valence-corrected chi connectivity index (χ2v) is 5.08. The molecule has 5 heteroatoms. The van der Waals surface area contributed by atoms with Gasteiger partial charge in [-0.25, -0.2) is 9.18 Å². The Bertz CT molecular complexity index is 584. The summed E-state index contributed by atoms with van der Waals surface area (Å²) in [6, 6.07) is 12.1. The molecule has 0 saturated carbocycles.